The van der Waals surface area contributed by atoms with E-state index < -0.39 is 5.54 Å². The first-order valence-electron chi connectivity index (χ1n) is 8.78. The molecule has 1 aromatic rings. The van der Waals surface area contributed by atoms with Crippen LogP contribution in [0.2, 0.25) is 0 Å². The summed E-state index contributed by atoms with van der Waals surface area (Å²) >= 11 is 0. The highest BCUT2D eigenvalue weighted by atomic mass is 19.1. The van der Waals surface area contributed by atoms with Crippen LogP contribution in [0, 0.1) is 5.82 Å². The van der Waals surface area contributed by atoms with Crippen molar-refractivity contribution in [1.29, 1.82) is 0 Å². The van der Waals surface area contributed by atoms with Crippen molar-refractivity contribution < 1.29 is 18.7 Å². The van der Waals surface area contributed by atoms with Gasteiger partial charge in [0.15, 0.2) is 0 Å². The summed E-state index contributed by atoms with van der Waals surface area (Å²) in [7, 11) is 0. The number of rotatable bonds is 8. The van der Waals surface area contributed by atoms with Crippen molar-refractivity contribution in [2.45, 2.75) is 58.2 Å². The number of ether oxygens (including phenoxy) is 1. The van der Waals surface area contributed by atoms with Gasteiger partial charge in [0.2, 0.25) is 11.8 Å². The number of halogens is 1. The number of nitrogens with zero attached hydrogens (tertiary/aromatic N) is 1. The fourth-order valence-electron chi connectivity index (χ4n) is 3.00. The minimum absolute atomic E-state index is 0.0787. The summed E-state index contributed by atoms with van der Waals surface area (Å²) in [6, 6.07) is 6.13. The third kappa shape index (κ3) is 5.01. The molecule has 5 nitrogen and oxygen atoms in total. The predicted molar refractivity (Wildman–Crippen MR) is 93.3 cm³/mol. The first-order valence-corrected chi connectivity index (χ1v) is 8.78. The number of nitrogens with one attached hydrogen (secondary N) is 1. The van der Waals surface area contributed by atoms with Crippen LogP contribution < -0.4 is 5.32 Å². The standard InChI is InChI=1S/C19H27FN2O3/c1-14(2)25-11-5-10-21-18(24)19(3)9-8-17(23)22(19)13-15-6-4-7-16(20)12-15/h4,6-7,12,14H,5,8-11,13H2,1-3H3,(H,21,24)/t19-/m1/s1. The molecule has 0 saturated carbocycles. The average molecular weight is 350 g/mol. The molecule has 0 unspecified atom stereocenters. The highest BCUT2D eigenvalue weighted by Gasteiger charge is 2.46. The minimum atomic E-state index is -0.900. The molecule has 6 heteroatoms. The van der Waals surface area contributed by atoms with Gasteiger partial charge in [0.05, 0.1) is 6.10 Å². The summed E-state index contributed by atoms with van der Waals surface area (Å²) in [5, 5.41) is 2.90. The minimum Gasteiger partial charge on any atom is -0.379 e. The molecule has 0 spiro atoms. The van der Waals surface area contributed by atoms with Crippen LogP contribution in [-0.4, -0.2) is 41.5 Å². The maximum Gasteiger partial charge on any atom is 0.245 e. The maximum atomic E-state index is 13.4. The van der Waals surface area contributed by atoms with Crippen LogP contribution in [0.15, 0.2) is 24.3 Å². The van der Waals surface area contributed by atoms with Crippen molar-refractivity contribution in [3.8, 4) is 0 Å². The van der Waals surface area contributed by atoms with Gasteiger partial charge in [-0.05, 0) is 51.3 Å². The Morgan fingerprint density at radius 3 is 2.88 bits per heavy atom. The Hall–Kier alpha value is -1.95. The number of benzene rings is 1. The van der Waals surface area contributed by atoms with Crippen LogP contribution in [0.3, 0.4) is 0 Å². The molecule has 1 aromatic carbocycles. The van der Waals surface area contributed by atoms with Crippen LogP contribution in [0.1, 0.15) is 45.6 Å². The molecule has 0 aliphatic carbocycles. The van der Waals surface area contributed by atoms with Crippen molar-refractivity contribution in [1.82, 2.24) is 10.2 Å². The van der Waals surface area contributed by atoms with Gasteiger partial charge in [-0.2, -0.15) is 0 Å². The Morgan fingerprint density at radius 1 is 1.44 bits per heavy atom. The van der Waals surface area contributed by atoms with Gasteiger partial charge in [-0.3, -0.25) is 9.59 Å². The van der Waals surface area contributed by atoms with Crippen LogP contribution in [-0.2, 0) is 20.9 Å². The number of likely N-dealkylation sites (tertiary alicyclic amines) is 1. The summed E-state index contributed by atoms with van der Waals surface area (Å²) in [4.78, 5) is 26.5. The Kier molecular flexibility index (Phi) is 6.53. The first kappa shape index (κ1) is 19.4. The summed E-state index contributed by atoms with van der Waals surface area (Å²) < 4.78 is 18.8. The fraction of sp³-hybridized carbons (Fsp3) is 0.579. The van der Waals surface area contributed by atoms with Crippen molar-refractivity contribution in [2.75, 3.05) is 13.2 Å². The largest absolute Gasteiger partial charge is 0.379 e. The SMILES string of the molecule is CC(C)OCCCNC(=O)[C@@]1(C)CCC(=O)N1Cc1cccc(F)c1. The summed E-state index contributed by atoms with van der Waals surface area (Å²) in [6.07, 6.45) is 1.69. The predicted octanol–water partition coefficient (Wildman–Crippen LogP) is 2.64. The van der Waals surface area contributed by atoms with E-state index in [1.807, 2.05) is 13.8 Å². The molecule has 1 aliphatic heterocycles. The normalized spacial score (nSPS) is 20.4. The van der Waals surface area contributed by atoms with Gasteiger partial charge < -0.3 is 15.0 Å². The van der Waals surface area contributed by atoms with E-state index in [4.69, 9.17) is 4.74 Å². The Labute approximate surface area is 148 Å². The Morgan fingerprint density at radius 2 is 2.20 bits per heavy atom. The lowest BCUT2D eigenvalue weighted by atomic mass is 9.97. The zero-order chi connectivity index (χ0) is 18.4. The molecule has 1 fully saturated rings. The highest BCUT2D eigenvalue weighted by molar-refractivity contribution is 5.94. The fourth-order valence-corrected chi connectivity index (χ4v) is 3.00. The molecule has 0 aromatic heterocycles. The molecule has 0 radical (unpaired) electrons. The van der Waals surface area contributed by atoms with Crippen molar-refractivity contribution in [3.63, 3.8) is 0 Å². The monoisotopic (exact) mass is 350 g/mol. The zero-order valence-electron chi connectivity index (χ0n) is 15.2. The van der Waals surface area contributed by atoms with Crippen LogP contribution >= 0.6 is 0 Å². The molecule has 0 bridgehead atoms. The van der Waals surface area contributed by atoms with Crippen molar-refractivity contribution in [3.05, 3.63) is 35.6 Å². The van der Waals surface area contributed by atoms with Gasteiger partial charge in [0.25, 0.3) is 0 Å². The number of hydrogen-bond donors (Lipinski definition) is 1. The Bertz CT molecular complexity index is 620. The summed E-state index contributed by atoms with van der Waals surface area (Å²) in [5.41, 5.74) is -0.220. The van der Waals surface area contributed by atoms with E-state index in [1.54, 1.807) is 24.0 Å². The molecule has 2 amide bonds. The van der Waals surface area contributed by atoms with Crippen LogP contribution in [0.25, 0.3) is 0 Å². The molecular formula is C19H27FN2O3. The average Bonchev–Trinajstić information content (AvgIpc) is 2.84. The van der Waals surface area contributed by atoms with E-state index in [9.17, 15) is 14.0 Å². The van der Waals surface area contributed by atoms with Crippen molar-refractivity contribution >= 4 is 11.8 Å². The summed E-state index contributed by atoms with van der Waals surface area (Å²) in [6.45, 7) is 7.03. The third-order valence-electron chi connectivity index (χ3n) is 4.50. The number of carbonyl (C=O) groups is 2. The van der Waals surface area contributed by atoms with Crippen molar-refractivity contribution in [2.24, 2.45) is 0 Å². The van der Waals surface area contributed by atoms with E-state index in [-0.39, 0.29) is 30.3 Å². The van der Waals surface area contributed by atoms with Gasteiger partial charge in [-0.15, -0.1) is 0 Å². The van der Waals surface area contributed by atoms with E-state index in [0.29, 0.717) is 31.6 Å². The molecule has 1 aliphatic rings. The molecule has 1 N–H and O–H groups in total. The van der Waals surface area contributed by atoms with Gasteiger partial charge in [-0.25, -0.2) is 4.39 Å². The Balaban J connectivity index is 1.96. The van der Waals surface area contributed by atoms with Crippen LogP contribution in [0.4, 0.5) is 4.39 Å². The lowest BCUT2D eigenvalue weighted by molar-refractivity contribution is -0.141. The zero-order valence-corrected chi connectivity index (χ0v) is 15.2. The van der Waals surface area contributed by atoms with E-state index in [2.05, 4.69) is 5.32 Å². The molecule has 1 atom stereocenters. The summed E-state index contributed by atoms with van der Waals surface area (Å²) in [5.74, 6) is -0.593. The van der Waals surface area contributed by atoms with Gasteiger partial charge in [-0.1, -0.05) is 12.1 Å². The third-order valence-corrected chi connectivity index (χ3v) is 4.50. The quantitative estimate of drug-likeness (QED) is 0.733. The topological polar surface area (TPSA) is 58.6 Å². The van der Waals surface area contributed by atoms with E-state index >= 15 is 0 Å². The number of hydrogen-bond acceptors (Lipinski definition) is 3. The van der Waals surface area contributed by atoms with E-state index in [0.717, 1.165) is 6.42 Å². The first-order chi connectivity index (χ1) is 11.8. The molecule has 25 heavy (non-hydrogen) atoms. The molecule has 138 valence electrons. The van der Waals surface area contributed by atoms with Gasteiger partial charge in [0.1, 0.15) is 11.4 Å². The lowest BCUT2D eigenvalue weighted by Gasteiger charge is -2.34. The van der Waals surface area contributed by atoms with Crippen LogP contribution in [0.5, 0.6) is 0 Å². The number of amides is 2. The molecule has 1 saturated heterocycles. The lowest BCUT2D eigenvalue weighted by Crippen LogP contribution is -2.54. The smallest absolute Gasteiger partial charge is 0.245 e. The molecule has 2 rings (SSSR count). The second kappa shape index (κ2) is 8.43. The van der Waals surface area contributed by atoms with Gasteiger partial charge in [0, 0.05) is 26.1 Å². The second-order valence-corrected chi connectivity index (χ2v) is 6.91. The highest BCUT2D eigenvalue weighted by Crippen LogP contribution is 2.32. The number of carbonyl (C=O) groups excluding carboxylic acids is 2. The molecule has 1 heterocycles. The maximum absolute atomic E-state index is 13.4. The molecular weight excluding hydrogens is 323 g/mol. The van der Waals surface area contributed by atoms with E-state index in [1.165, 1.54) is 12.1 Å². The van der Waals surface area contributed by atoms with Gasteiger partial charge >= 0.3 is 0 Å². The second-order valence-electron chi connectivity index (χ2n) is 6.91.